The summed E-state index contributed by atoms with van der Waals surface area (Å²) in [6.45, 7) is 1.85. The molecule has 1 atom stereocenters. The van der Waals surface area contributed by atoms with E-state index in [1.165, 1.54) is 0 Å². The van der Waals surface area contributed by atoms with Gasteiger partial charge < -0.3 is 14.7 Å². The van der Waals surface area contributed by atoms with Crippen molar-refractivity contribution in [1.29, 1.82) is 0 Å². The summed E-state index contributed by atoms with van der Waals surface area (Å²) in [6, 6.07) is 17.6. The Morgan fingerprint density at radius 2 is 1.96 bits per heavy atom. The highest BCUT2D eigenvalue weighted by atomic mass is 79.9. The lowest BCUT2D eigenvalue weighted by Gasteiger charge is -2.31. The molecule has 3 aromatic rings. The third-order valence-electron chi connectivity index (χ3n) is 4.89. The van der Waals surface area contributed by atoms with Crippen molar-refractivity contribution in [2.75, 3.05) is 13.1 Å². The number of carbonyl (C=O) groups is 1. The molecule has 1 fully saturated rings. The van der Waals surface area contributed by atoms with Gasteiger partial charge in [-0.25, -0.2) is 4.79 Å². The predicted octanol–water partition coefficient (Wildman–Crippen LogP) is 4.59. The van der Waals surface area contributed by atoms with Gasteiger partial charge in [0.15, 0.2) is 0 Å². The van der Waals surface area contributed by atoms with Crippen molar-refractivity contribution in [3.8, 4) is 11.4 Å². The Labute approximate surface area is 172 Å². The zero-order chi connectivity index (χ0) is 19.3. The molecule has 144 valence electrons. The molecule has 0 aliphatic carbocycles. The summed E-state index contributed by atoms with van der Waals surface area (Å²) in [4.78, 5) is 19.0. The molecule has 1 aromatic heterocycles. The Kier molecular flexibility index (Phi) is 5.71. The van der Waals surface area contributed by atoms with Crippen LogP contribution in [-0.2, 0) is 6.54 Å². The fourth-order valence-corrected chi connectivity index (χ4v) is 3.63. The molecule has 1 N–H and O–H groups in total. The molecule has 2 heterocycles. The van der Waals surface area contributed by atoms with Gasteiger partial charge in [0, 0.05) is 29.7 Å². The summed E-state index contributed by atoms with van der Waals surface area (Å²) < 4.78 is 6.52. The normalized spacial score (nSPS) is 16.8. The van der Waals surface area contributed by atoms with Crippen LogP contribution in [0.5, 0.6) is 0 Å². The molecule has 6 nitrogen and oxygen atoms in total. The van der Waals surface area contributed by atoms with Crippen LogP contribution >= 0.6 is 15.9 Å². The minimum Gasteiger partial charge on any atom is -0.339 e. The molecule has 1 saturated heterocycles. The van der Waals surface area contributed by atoms with Gasteiger partial charge in [0.05, 0.1) is 5.92 Å². The van der Waals surface area contributed by atoms with E-state index in [1.807, 2.05) is 59.5 Å². The van der Waals surface area contributed by atoms with Crippen LogP contribution in [0.1, 0.15) is 30.2 Å². The van der Waals surface area contributed by atoms with Crippen molar-refractivity contribution < 1.29 is 9.32 Å². The molecule has 0 spiro atoms. The lowest BCUT2D eigenvalue weighted by Crippen LogP contribution is -2.44. The fraction of sp³-hybridized carbons (Fsp3) is 0.286. The maximum Gasteiger partial charge on any atom is 0.317 e. The number of halogens is 1. The van der Waals surface area contributed by atoms with Gasteiger partial charge in [-0.15, -0.1) is 0 Å². The quantitative estimate of drug-likeness (QED) is 0.643. The number of carbonyl (C=O) groups excluding carboxylic acids is 1. The largest absolute Gasteiger partial charge is 0.339 e. The van der Waals surface area contributed by atoms with Crippen LogP contribution in [0.15, 0.2) is 63.6 Å². The number of nitrogens with zero attached hydrogens (tertiary/aromatic N) is 3. The number of urea groups is 1. The van der Waals surface area contributed by atoms with Crippen LogP contribution in [0.25, 0.3) is 11.4 Å². The number of piperidine rings is 1. The van der Waals surface area contributed by atoms with Crippen LogP contribution in [0.4, 0.5) is 4.79 Å². The molecular formula is C21H21BrN4O2. The Morgan fingerprint density at radius 1 is 1.18 bits per heavy atom. The number of hydrogen-bond donors (Lipinski definition) is 1. The molecule has 2 aromatic carbocycles. The minimum atomic E-state index is -0.0544. The van der Waals surface area contributed by atoms with Crippen molar-refractivity contribution in [2.24, 2.45) is 0 Å². The summed E-state index contributed by atoms with van der Waals surface area (Å²) in [5, 5.41) is 7.11. The zero-order valence-electron chi connectivity index (χ0n) is 15.3. The molecule has 28 heavy (non-hydrogen) atoms. The third-order valence-corrected chi connectivity index (χ3v) is 5.42. The van der Waals surface area contributed by atoms with Crippen molar-refractivity contribution in [2.45, 2.75) is 25.3 Å². The second kappa shape index (κ2) is 8.56. The van der Waals surface area contributed by atoms with Crippen molar-refractivity contribution in [1.82, 2.24) is 20.4 Å². The Morgan fingerprint density at radius 3 is 2.75 bits per heavy atom. The molecule has 1 aliphatic rings. The standard InChI is InChI=1S/C21H21BrN4O2/c22-18-10-8-16(9-11-18)19-24-20(28-25-19)17-7-4-12-26(14-17)21(27)23-13-15-5-2-1-3-6-15/h1-3,5-6,8-11,17H,4,7,12-14H2,(H,23,27). The van der Waals surface area contributed by atoms with Gasteiger partial charge in [-0.05, 0) is 42.7 Å². The van der Waals surface area contributed by atoms with E-state index in [-0.39, 0.29) is 11.9 Å². The van der Waals surface area contributed by atoms with Crippen molar-refractivity contribution in [3.05, 3.63) is 70.5 Å². The number of amides is 2. The first-order valence-corrected chi connectivity index (χ1v) is 10.1. The highest BCUT2D eigenvalue weighted by molar-refractivity contribution is 9.10. The smallest absolute Gasteiger partial charge is 0.317 e. The summed E-state index contributed by atoms with van der Waals surface area (Å²) >= 11 is 3.43. The summed E-state index contributed by atoms with van der Waals surface area (Å²) in [5.41, 5.74) is 1.99. The lowest BCUT2D eigenvalue weighted by atomic mass is 9.98. The maximum absolute atomic E-state index is 12.6. The fourth-order valence-electron chi connectivity index (χ4n) is 3.37. The number of rotatable bonds is 4. The van der Waals surface area contributed by atoms with Gasteiger partial charge in [0.25, 0.3) is 0 Å². The molecule has 4 rings (SSSR count). The molecule has 1 aliphatic heterocycles. The highest BCUT2D eigenvalue weighted by Gasteiger charge is 2.28. The van der Waals surface area contributed by atoms with E-state index in [1.54, 1.807) is 0 Å². The minimum absolute atomic E-state index is 0.0544. The summed E-state index contributed by atoms with van der Waals surface area (Å²) in [7, 11) is 0. The zero-order valence-corrected chi connectivity index (χ0v) is 16.9. The van der Waals surface area contributed by atoms with Crippen molar-refractivity contribution in [3.63, 3.8) is 0 Å². The number of hydrogen-bond acceptors (Lipinski definition) is 4. The predicted molar refractivity (Wildman–Crippen MR) is 110 cm³/mol. The van der Waals surface area contributed by atoms with E-state index in [0.717, 1.165) is 35.0 Å². The van der Waals surface area contributed by atoms with Gasteiger partial charge in [0.2, 0.25) is 11.7 Å². The monoisotopic (exact) mass is 440 g/mol. The first kappa shape index (κ1) is 18.7. The van der Waals surface area contributed by atoms with E-state index in [2.05, 4.69) is 31.4 Å². The Bertz CT molecular complexity index is 927. The first-order chi connectivity index (χ1) is 13.7. The number of benzene rings is 2. The molecule has 0 radical (unpaired) electrons. The second-order valence-corrected chi connectivity index (χ2v) is 7.81. The number of nitrogens with one attached hydrogen (secondary N) is 1. The maximum atomic E-state index is 12.6. The van der Waals surface area contributed by atoms with Gasteiger partial charge in [-0.3, -0.25) is 0 Å². The average molecular weight is 441 g/mol. The summed E-state index contributed by atoms with van der Waals surface area (Å²) in [6.07, 6.45) is 1.85. The SMILES string of the molecule is O=C(NCc1ccccc1)N1CCCC(c2nc(-c3ccc(Br)cc3)no2)C1. The van der Waals surface area contributed by atoms with E-state index in [4.69, 9.17) is 4.52 Å². The van der Waals surface area contributed by atoms with E-state index in [9.17, 15) is 4.79 Å². The molecule has 0 saturated carbocycles. The van der Waals surface area contributed by atoms with E-state index >= 15 is 0 Å². The van der Waals surface area contributed by atoms with Gasteiger partial charge in [-0.1, -0.05) is 51.4 Å². The molecule has 0 bridgehead atoms. The van der Waals surface area contributed by atoms with Crippen LogP contribution < -0.4 is 5.32 Å². The molecule has 1 unspecified atom stereocenters. The van der Waals surface area contributed by atoms with Crippen LogP contribution in [0, 0.1) is 0 Å². The average Bonchev–Trinajstić information content (AvgIpc) is 3.24. The van der Waals surface area contributed by atoms with Gasteiger partial charge in [0.1, 0.15) is 0 Å². The lowest BCUT2D eigenvalue weighted by molar-refractivity contribution is 0.171. The van der Waals surface area contributed by atoms with E-state index < -0.39 is 0 Å². The topological polar surface area (TPSA) is 71.3 Å². The van der Waals surface area contributed by atoms with Crippen LogP contribution in [0.2, 0.25) is 0 Å². The third kappa shape index (κ3) is 4.42. The Balaban J connectivity index is 1.38. The Hall–Kier alpha value is -2.67. The van der Waals surface area contributed by atoms with E-state index in [0.29, 0.717) is 24.8 Å². The van der Waals surface area contributed by atoms with Gasteiger partial charge >= 0.3 is 6.03 Å². The second-order valence-electron chi connectivity index (χ2n) is 6.89. The number of likely N-dealkylation sites (tertiary alicyclic amines) is 1. The summed E-state index contributed by atoms with van der Waals surface area (Å²) in [5.74, 6) is 1.24. The van der Waals surface area contributed by atoms with Crippen LogP contribution in [-0.4, -0.2) is 34.2 Å². The highest BCUT2D eigenvalue weighted by Crippen LogP contribution is 2.28. The molecular weight excluding hydrogens is 420 g/mol. The first-order valence-electron chi connectivity index (χ1n) is 9.35. The molecule has 2 amide bonds. The number of aromatic nitrogens is 2. The van der Waals surface area contributed by atoms with Crippen molar-refractivity contribution >= 4 is 22.0 Å². The van der Waals surface area contributed by atoms with Gasteiger partial charge in [-0.2, -0.15) is 4.98 Å². The van der Waals surface area contributed by atoms with Crippen LogP contribution in [0.3, 0.4) is 0 Å². The molecule has 7 heteroatoms.